The minimum absolute atomic E-state index is 0.0992. The van der Waals surface area contributed by atoms with Crippen LogP contribution in [0.15, 0.2) is 24.3 Å². The highest BCUT2D eigenvalue weighted by Crippen LogP contribution is 2.28. The van der Waals surface area contributed by atoms with Gasteiger partial charge in [0.05, 0.1) is 13.2 Å². The van der Waals surface area contributed by atoms with Crippen molar-refractivity contribution in [2.45, 2.75) is 26.7 Å². The number of aliphatic hydroxyl groups is 2. The molecule has 1 aromatic carbocycles. The van der Waals surface area contributed by atoms with E-state index in [0.717, 1.165) is 29.9 Å². The number of ether oxygens (including phenoxy) is 1. The van der Waals surface area contributed by atoms with Crippen molar-refractivity contribution in [1.82, 2.24) is 0 Å². The number of aliphatic hydroxyl groups excluding tert-OH is 2. The first-order valence-corrected chi connectivity index (χ1v) is 6.69. The zero-order valence-electron chi connectivity index (χ0n) is 11.5. The zero-order chi connectivity index (χ0) is 13.8. The molecule has 0 aliphatic carbocycles. The Kier molecular flexibility index (Phi) is 4.58. The summed E-state index contributed by atoms with van der Waals surface area (Å²) in [4.78, 5) is 2.25. The Morgan fingerprint density at radius 2 is 2.05 bits per heavy atom. The van der Waals surface area contributed by atoms with Crippen molar-refractivity contribution in [3.8, 4) is 0 Å². The van der Waals surface area contributed by atoms with Gasteiger partial charge in [0.2, 0.25) is 0 Å². The topological polar surface area (TPSA) is 52.9 Å². The lowest BCUT2D eigenvalue weighted by Crippen LogP contribution is -2.22. The van der Waals surface area contributed by atoms with E-state index in [1.165, 1.54) is 0 Å². The van der Waals surface area contributed by atoms with Gasteiger partial charge < -0.3 is 19.8 Å². The molecule has 0 bridgehead atoms. The lowest BCUT2D eigenvalue weighted by atomic mass is 9.99. The van der Waals surface area contributed by atoms with Crippen LogP contribution in [0.25, 0.3) is 5.57 Å². The summed E-state index contributed by atoms with van der Waals surface area (Å²) in [5.74, 6) is 0. The fourth-order valence-electron chi connectivity index (χ4n) is 2.42. The van der Waals surface area contributed by atoms with Crippen molar-refractivity contribution in [2.24, 2.45) is 0 Å². The number of anilines is 1. The number of hydrogen-bond acceptors (Lipinski definition) is 4. The van der Waals surface area contributed by atoms with Crippen molar-refractivity contribution in [1.29, 1.82) is 0 Å². The van der Waals surface area contributed by atoms with Crippen molar-refractivity contribution in [3.63, 3.8) is 0 Å². The van der Waals surface area contributed by atoms with E-state index in [1.54, 1.807) is 6.08 Å². The maximum atomic E-state index is 9.61. The monoisotopic (exact) mass is 263 g/mol. The quantitative estimate of drug-likeness (QED) is 0.869. The Labute approximate surface area is 113 Å². The van der Waals surface area contributed by atoms with Crippen LogP contribution in [0, 0.1) is 0 Å². The molecule has 104 valence electrons. The molecular formula is C15H21NO3. The second kappa shape index (κ2) is 6.19. The van der Waals surface area contributed by atoms with Gasteiger partial charge in [-0.25, -0.2) is 0 Å². The number of fused-ring (bicyclic) bond motifs is 1. The maximum Gasteiger partial charge on any atom is 0.175 e. The van der Waals surface area contributed by atoms with Crippen LogP contribution in [0.1, 0.15) is 25.0 Å². The van der Waals surface area contributed by atoms with Gasteiger partial charge in [-0.05, 0) is 48.8 Å². The number of benzene rings is 1. The largest absolute Gasteiger partial charge is 0.392 e. The van der Waals surface area contributed by atoms with E-state index in [1.807, 2.05) is 12.1 Å². The van der Waals surface area contributed by atoms with Gasteiger partial charge in [-0.15, -0.1) is 0 Å². The Hall–Kier alpha value is -1.36. The first kappa shape index (κ1) is 14.1. The molecule has 1 atom stereocenters. The van der Waals surface area contributed by atoms with Crippen LogP contribution < -0.4 is 4.90 Å². The highest BCUT2D eigenvalue weighted by atomic mass is 16.6. The smallest absolute Gasteiger partial charge is 0.175 e. The highest BCUT2D eigenvalue weighted by Gasteiger charge is 2.16. The van der Waals surface area contributed by atoms with Gasteiger partial charge in [-0.3, -0.25) is 0 Å². The zero-order valence-corrected chi connectivity index (χ0v) is 11.5. The average Bonchev–Trinajstić information content (AvgIpc) is 2.59. The molecular weight excluding hydrogens is 242 g/mol. The summed E-state index contributed by atoms with van der Waals surface area (Å²) in [5.41, 5.74) is 3.81. The van der Waals surface area contributed by atoms with Crippen LogP contribution >= 0.6 is 0 Å². The van der Waals surface area contributed by atoms with Crippen LogP contribution in [-0.2, 0) is 11.3 Å². The van der Waals surface area contributed by atoms with Gasteiger partial charge in [-0.2, -0.15) is 0 Å². The van der Waals surface area contributed by atoms with Crippen LogP contribution in [0.2, 0.25) is 0 Å². The van der Waals surface area contributed by atoms with Gasteiger partial charge in [-0.1, -0.05) is 6.07 Å². The van der Waals surface area contributed by atoms with E-state index in [2.05, 4.69) is 24.8 Å². The lowest BCUT2D eigenvalue weighted by Gasteiger charge is -2.22. The summed E-state index contributed by atoms with van der Waals surface area (Å²) in [7, 11) is 0. The molecule has 0 saturated carbocycles. The first-order chi connectivity index (χ1) is 9.19. The SMILES string of the molecule is CCN(CC)c1ccc2c(c1)COC(O)C=C2CO. The Morgan fingerprint density at radius 1 is 1.32 bits per heavy atom. The Morgan fingerprint density at radius 3 is 2.68 bits per heavy atom. The van der Waals surface area contributed by atoms with Crippen LogP contribution in [0.5, 0.6) is 0 Å². The molecule has 1 unspecified atom stereocenters. The summed E-state index contributed by atoms with van der Waals surface area (Å²) in [6, 6.07) is 6.11. The van der Waals surface area contributed by atoms with E-state index in [4.69, 9.17) is 4.74 Å². The van der Waals surface area contributed by atoms with E-state index < -0.39 is 6.29 Å². The van der Waals surface area contributed by atoms with Crippen molar-refractivity contribution in [3.05, 3.63) is 35.4 Å². The molecule has 0 amide bonds. The predicted molar refractivity (Wildman–Crippen MR) is 75.9 cm³/mol. The molecule has 4 nitrogen and oxygen atoms in total. The first-order valence-electron chi connectivity index (χ1n) is 6.69. The standard InChI is InChI=1S/C15H21NO3/c1-3-16(4-2)13-5-6-14-11(9-17)8-15(18)19-10-12(14)7-13/h5-8,15,17-18H,3-4,9-10H2,1-2H3. The minimum atomic E-state index is -0.952. The van der Waals surface area contributed by atoms with Gasteiger partial charge in [0.25, 0.3) is 0 Å². The number of rotatable bonds is 4. The van der Waals surface area contributed by atoms with Crippen LogP contribution in [0.3, 0.4) is 0 Å². The normalized spacial score (nSPS) is 18.5. The summed E-state index contributed by atoms with van der Waals surface area (Å²) < 4.78 is 5.31. The summed E-state index contributed by atoms with van der Waals surface area (Å²) >= 11 is 0. The average molecular weight is 263 g/mol. The van der Waals surface area contributed by atoms with Crippen LogP contribution in [0.4, 0.5) is 5.69 Å². The maximum absolute atomic E-state index is 9.61. The second-order valence-electron chi connectivity index (χ2n) is 4.57. The van der Waals surface area contributed by atoms with E-state index in [0.29, 0.717) is 12.2 Å². The molecule has 19 heavy (non-hydrogen) atoms. The third-order valence-electron chi connectivity index (χ3n) is 3.49. The van der Waals surface area contributed by atoms with E-state index >= 15 is 0 Å². The highest BCUT2D eigenvalue weighted by molar-refractivity contribution is 5.72. The third-order valence-corrected chi connectivity index (χ3v) is 3.49. The third kappa shape index (κ3) is 2.97. The predicted octanol–water partition coefficient (Wildman–Crippen LogP) is 1.76. The molecule has 4 heteroatoms. The van der Waals surface area contributed by atoms with Gasteiger partial charge in [0.15, 0.2) is 6.29 Å². The molecule has 1 aliphatic rings. The summed E-state index contributed by atoms with van der Waals surface area (Å²) in [6.45, 7) is 6.38. The molecule has 1 aromatic rings. The molecule has 0 aromatic heterocycles. The molecule has 0 radical (unpaired) electrons. The van der Waals surface area contributed by atoms with Gasteiger partial charge >= 0.3 is 0 Å². The molecule has 1 heterocycles. The Balaban J connectivity index is 2.39. The fourth-order valence-corrected chi connectivity index (χ4v) is 2.42. The van der Waals surface area contributed by atoms with Crippen molar-refractivity contribution < 1.29 is 14.9 Å². The van der Waals surface area contributed by atoms with E-state index in [9.17, 15) is 10.2 Å². The molecule has 0 saturated heterocycles. The molecule has 0 spiro atoms. The van der Waals surface area contributed by atoms with Crippen LogP contribution in [-0.4, -0.2) is 36.2 Å². The minimum Gasteiger partial charge on any atom is -0.392 e. The number of hydrogen-bond donors (Lipinski definition) is 2. The lowest BCUT2D eigenvalue weighted by molar-refractivity contribution is -0.0719. The summed E-state index contributed by atoms with van der Waals surface area (Å²) in [6.07, 6.45) is 0.606. The Bertz CT molecular complexity index is 466. The number of nitrogens with zero attached hydrogens (tertiary/aromatic N) is 1. The molecule has 0 fully saturated rings. The summed E-state index contributed by atoms with van der Waals surface area (Å²) in [5, 5.41) is 19.0. The second-order valence-corrected chi connectivity index (χ2v) is 4.57. The van der Waals surface area contributed by atoms with Crippen molar-refractivity contribution in [2.75, 3.05) is 24.6 Å². The molecule has 2 N–H and O–H groups in total. The van der Waals surface area contributed by atoms with Crippen molar-refractivity contribution >= 4 is 11.3 Å². The van der Waals surface area contributed by atoms with E-state index in [-0.39, 0.29) is 6.61 Å². The van der Waals surface area contributed by atoms with Gasteiger partial charge in [0, 0.05) is 18.8 Å². The van der Waals surface area contributed by atoms with Gasteiger partial charge in [0.1, 0.15) is 0 Å². The fraction of sp³-hybridized carbons (Fsp3) is 0.467. The molecule has 2 rings (SSSR count). The molecule has 1 aliphatic heterocycles.